The lowest BCUT2D eigenvalue weighted by atomic mass is 9.96. The van der Waals surface area contributed by atoms with Gasteiger partial charge in [0.15, 0.2) is 0 Å². The first-order valence-corrected chi connectivity index (χ1v) is 8.60. The first-order chi connectivity index (χ1) is 10.9. The number of hydrogen-bond acceptors (Lipinski definition) is 5. The van der Waals surface area contributed by atoms with E-state index in [-0.39, 0.29) is 38.0 Å². The van der Waals surface area contributed by atoms with Crippen LogP contribution in [0.1, 0.15) is 37.2 Å². The van der Waals surface area contributed by atoms with Crippen LogP contribution >= 0.6 is 7.75 Å². The van der Waals surface area contributed by atoms with E-state index >= 15 is 0 Å². The number of ether oxygens (including phenoxy) is 2. The first kappa shape index (κ1) is 11.6. The molecular formula is C13H24NO5P. The summed E-state index contributed by atoms with van der Waals surface area (Å²) >= 11 is 0. The highest BCUT2D eigenvalue weighted by Crippen LogP contribution is 2.50. The lowest BCUT2D eigenvalue weighted by molar-refractivity contribution is 0.0268. The fraction of sp³-hybridized carbons (Fsp3) is 1.00. The molecule has 0 saturated carbocycles. The minimum absolute atomic E-state index is 0.0488. The first-order valence-electron chi connectivity index (χ1n) is 8.92. The highest BCUT2D eigenvalue weighted by atomic mass is 31.2. The van der Waals surface area contributed by atoms with Crippen LogP contribution in [0.3, 0.4) is 0 Å². The van der Waals surface area contributed by atoms with Crippen LogP contribution < -0.4 is 5.09 Å². The quantitative estimate of drug-likeness (QED) is 0.805. The number of hydrogen-bond donors (Lipinski definition) is 1. The van der Waals surface area contributed by atoms with Crippen LogP contribution in [-0.2, 0) is 23.1 Å². The van der Waals surface area contributed by atoms with Gasteiger partial charge in [-0.2, -0.15) is 0 Å². The Kier molecular flexibility index (Phi) is 3.49. The fourth-order valence-electron chi connectivity index (χ4n) is 2.78. The summed E-state index contributed by atoms with van der Waals surface area (Å²) in [6.07, 6.45) is 0.237. The molecule has 3 rings (SSSR count). The summed E-state index contributed by atoms with van der Waals surface area (Å²) in [5.74, 6) is 0.204. The molecule has 0 aromatic rings. The minimum Gasteiger partial charge on any atom is -0.376 e. The zero-order valence-corrected chi connectivity index (χ0v) is 12.5. The molecule has 1 N–H and O–H groups in total. The van der Waals surface area contributed by atoms with E-state index < -0.39 is 33.1 Å². The molecule has 0 unspecified atom stereocenters. The summed E-state index contributed by atoms with van der Waals surface area (Å²) in [5, 5.41) is 2.93. The van der Waals surface area contributed by atoms with E-state index in [1.807, 2.05) is 6.92 Å². The Hall–Kier alpha value is 0.0300. The van der Waals surface area contributed by atoms with Crippen molar-refractivity contribution in [2.45, 2.75) is 57.4 Å². The molecule has 0 amide bonds. The van der Waals surface area contributed by atoms with E-state index in [4.69, 9.17) is 22.6 Å². The second-order valence-electron chi connectivity index (χ2n) is 5.56. The Morgan fingerprint density at radius 2 is 2.25 bits per heavy atom. The minimum atomic E-state index is -3.53. The van der Waals surface area contributed by atoms with E-state index in [1.54, 1.807) is 0 Å². The van der Waals surface area contributed by atoms with Crippen molar-refractivity contribution in [2.24, 2.45) is 5.92 Å². The number of nitrogens with one attached hydrogen (secondary N) is 1. The summed E-state index contributed by atoms with van der Waals surface area (Å²) in [5.41, 5.74) is 0. The van der Waals surface area contributed by atoms with Crippen LogP contribution in [0.5, 0.6) is 0 Å². The molecule has 0 bridgehead atoms. The lowest BCUT2D eigenvalue weighted by Crippen LogP contribution is -2.45. The van der Waals surface area contributed by atoms with Gasteiger partial charge in [0.1, 0.15) is 0 Å². The van der Waals surface area contributed by atoms with Crippen LogP contribution in [0.4, 0.5) is 0 Å². The molecule has 6 nitrogen and oxygen atoms in total. The van der Waals surface area contributed by atoms with Crippen molar-refractivity contribution in [2.75, 3.05) is 19.8 Å². The molecule has 0 aromatic carbocycles. The van der Waals surface area contributed by atoms with E-state index in [1.165, 1.54) is 0 Å². The Morgan fingerprint density at radius 1 is 1.40 bits per heavy atom. The van der Waals surface area contributed by atoms with Crippen LogP contribution in [0.2, 0.25) is 0 Å². The summed E-state index contributed by atoms with van der Waals surface area (Å²) in [7, 11) is -3.53. The molecule has 0 radical (unpaired) electrons. The molecule has 8 atom stereocenters. The van der Waals surface area contributed by atoms with Crippen LogP contribution in [0, 0.1) is 5.92 Å². The van der Waals surface area contributed by atoms with Gasteiger partial charge in [0.2, 0.25) is 0 Å². The normalized spacial score (nSPS) is 59.0. The van der Waals surface area contributed by atoms with Gasteiger partial charge in [-0.15, -0.1) is 0 Å². The van der Waals surface area contributed by atoms with Crippen molar-refractivity contribution < 1.29 is 27.2 Å². The predicted octanol–water partition coefficient (Wildman–Crippen LogP) is 2.09. The average molecular weight is 310 g/mol. The molecule has 0 aromatic heterocycles. The standard InChI is InChI=1S/C13H24NO5P/c1-9-3-6-17-13(9)11-4-8-18-20(15,14-11)19-12-5-7-16-10(12)2/h9-13H,3-8H2,1-2H3,(H,14,15)/t9-,10+,11+,12-,13-,20-/m0/s1/i2D,6T,7T/t6-,7-,9+,10-,11-,12+,13+,20+/m1. The smallest absolute Gasteiger partial charge is 0.376 e. The third-order valence-corrected chi connectivity index (χ3v) is 5.70. The Labute approximate surface area is 124 Å². The molecule has 0 aliphatic carbocycles. The largest absolute Gasteiger partial charge is 0.406 e. The van der Waals surface area contributed by atoms with Crippen molar-refractivity contribution in [3.05, 3.63) is 0 Å². The maximum atomic E-state index is 12.9. The van der Waals surface area contributed by atoms with Crippen LogP contribution in [0.15, 0.2) is 0 Å². The van der Waals surface area contributed by atoms with Gasteiger partial charge in [0.25, 0.3) is 0 Å². The monoisotopic (exact) mass is 310 g/mol. The van der Waals surface area contributed by atoms with Crippen molar-refractivity contribution in [1.82, 2.24) is 5.09 Å². The summed E-state index contributed by atoms with van der Waals surface area (Å²) in [4.78, 5) is 0. The van der Waals surface area contributed by atoms with Gasteiger partial charge in [-0.3, -0.25) is 9.05 Å². The number of rotatable bonds is 3. The molecule has 3 aliphatic heterocycles. The predicted molar refractivity (Wildman–Crippen MR) is 73.5 cm³/mol. The van der Waals surface area contributed by atoms with Crippen molar-refractivity contribution in [1.29, 1.82) is 0 Å². The zero-order valence-electron chi connectivity index (χ0n) is 14.6. The van der Waals surface area contributed by atoms with Crippen molar-refractivity contribution in [3.63, 3.8) is 0 Å². The van der Waals surface area contributed by atoms with Crippen molar-refractivity contribution in [3.8, 4) is 0 Å². The molecular weight excluding hydrogens is 281 g/mol. The maximum absolute atomic E-state index is 12.9. The highest BCUT2D eigenvalue weighted by molar-refractivity contribution is 7.51. The third-order valence-electron chi connectivity index (χ3n) is 3.98. The van der Waals surface area contributed by atoms with Crippen LogP contribution in [-0.4, -0.2) is 44.1 Å². The zero-order chi connectivity index (χ0) is 16.6. The summed E-state index contributed by atoms with van der Waals surface area (Å²) in [6.45, 7) is 0.957. The third kappa shape index (κ3) is 3.11. The molecule has 20 heavy (non-hydrogen) atoms. The van der Waals surface area contributed by atoms with Gasteiger partial charge in [-0.1, -0.05) is 6.92 Å². The molecule has 3 heterocycles. The summed E-state index contributed by atoms with van der Waals surface area (Å²) in [6, 6.07) is -0.191. The van der Waals surface area contributed by atoms with Gasteiger partial charge in [-0.25, -0.2) is 9.65 Å². The lowest BCUT2D eigenvalue weighted by Gasteiger charge is -2.35. The van der Waals surface area contributed by atoms with Gasteiger partial charge >= 0.3 is 7.75 Å². The molecule has 0 spiro atoms. The van der Waals surface area contributed by atoms with Gasteiger partial charge in [0, 0.05) is 27.0 Å². The molecule has 3 saturated heterocycles. The maximum Gasteiger partial charge on any atom is 0.406 e. The Morgan fingerprint density at radius 3 is 3.00 bits per heavy atom. The second kappa shape index (κ2) is 6.03. The molecule has 116 valence electrons. The highest BCUT2D eigenvalue weighted by Gasteiger charge is 2.43. The average Bonchev–Trinajstić information content (AvgIpc) is 3.00. The van der Waals surface area contributed by atoms with E-state index in [9.17, 15) is 4.57 Å². The van der Waals surface area contributed by atoms with Crippen LogP contribution in [0.25, 0.3) is 0 Å². The molecule has 3 fully saturated rings. The van der Waals surface area contributed by atoms with Gasteiger partial charge < -0.3 is 9.47 Å². The van der Waals surface area contributed by atoms with Crippen molar-refractivity contribution >= 4 is 7.75 Å². The summed E-state index contributed by atoms with van der Waals surface area (Å²) < 4.78 is 57.5. The van der Waals surface area contributed by atoms with E-state index in [0.29, 0.717) is 12.8 Å². The van der Waals surface area contributed by atoms with Gasteiger partial charge in [-0.05, 0) is 25.7 Å². The Bertz CT molecular complexity index is 473. The van der Waals surface area contributed by atoms with Gasteiger partial charge in [0.05, 0.1) is 27.7 Å². The van der Waals surface area contributed by atoms with E-state index in [2.05, 4.69) is 5.09 Å². The topological polar surface area (TPSA) is 66.0 Å². The molecule has 7 heteroatoms. The SMILES string of the molecule is [2H]C[C@H]1O[C@H]([3H])C[C@@H]1O[P@]1(=O)N[C@@H]([C@H]2O[C@H]([3H])C[C@@H]2C)CCO1. The second-order valence-corrected chi connectivity index (χ2v) is 7.28. The van der Waals surface area contributed by atoms with E-state index in [0.717, 1.165) is 0 Å². The molecule has 3 aliphatic rings. The fourth-order valence-corrected chi connectivity index (χ4v) is 4.59. The Balaban J connectivity index is 1.64.